The lowest BCUT2D eigenvalue weighted by atomic mass is 10.1. The quantitative estimate of drug-likeness (QED) is 0.591. The molecule has 2 aromatic carbocycles. The van der Waals surface area contributed by atoms with Crippen LogP contribution in [-0.2, 0) is 10.0 Å². The summed E-state index contributed by atoms with van der Waals surface area (Å²) in [6, 6.07) is 14.0. The third kappa shape index (κ3) is 4.97. The van der Waals surface area contributed by atoms with Gasteiger partial charge < -0.3 is 9.42 Å². The Kier molecular flexibility index (Phi) is 6.59. The molecule has 3 aromatic rings. The molecule has 0 spiro atoms. The second-order valence-corrected chi connectivity index (χ2v) is 9.95. The Morgan fingerprint density at radius 3 is 2.45 bits per heavy atom. The molecule has 1 amide bonds. The monoisotopic (exact) mass is 469 g/mol. The highest BCUT2D eigenvalue weighted by atomic mass is 32.2. The number of rotatable bonds is 6. The lowest BCUT2D eigenvalue weighted by molar-refractivity contribution is 0.0551. The summed E-state index contributed by atoms with van der Waals surface area (Å²) in [4.78, 5) is 21.5. The van der Waals surface area contributed by atoms with Crippen molar-refractivity contribution < 1.29 is 17.7 Å². The molecule has 1 fully saturated rings. The number of hydrogen-bond acceptors (Lipinski definition) is 7. The number of amides is 1. The largest absolute Gasteiger partial charge is 0.337 e. The SMILES string of the molecule is CNS(=O)(=O)c1cccc(C(=O)N2CCN(C(C)c3nc(-c4ccc(C)cc4)no3)CC2)c1. The number of aromatic nitrogens is 2. The maximum Gasteiger partial charge on any atom is 0.253 e. The Labute approximate surface area is 193 Å². The fourth-order valence-corrected chi connectivity index (χ4v) is 4.57. The van der Waals surface area contributed by atoms with Crippen molar-refractivity contribution in [2.75, 3.05) is 33.2 Å². The molecule has 4 rings (SSSR count). The molecule has 0 saturated carbocycles. The Balaban J connectivity index is 1.39. The predicted octanol–water partition coefficient (Wildman–Crippen LogP) is 2.47. The van der Waals surface area contributed by atoms with Gasteiger partial charge >= 0.3 is 0 Å². The van der Waals surface area contributed by atoms with Crippen molar-refractivity contribution in [3.8, 4) is 11.4 Å². The number of sulfonamides is 1. The van der Waals surface area contributed by atoms with E-state index in [9.17, 15) is 13.2 Å². The molecule has 174 valence electrons. The Morgan fingerprint density at radius 2 is 1.79 bits per heavy atom. The molecule has 1 aliphatic rings. The van der Waals surface area contributed by atoms with Crippen molar-refractivity contribution in [1.29, 1.82) is 0 Å². The first-order chi connectivity index (χ1) is 15.8. The van der Waals surface area contributed by atoms with Crippen LogP contribution in [0.5, 0.6) is 0 Å². The minimum absolute atomic E-state index is 0.0730. The van der Waals surface area contributed by atoms with E-state index in [1.807, 2.05) is 38.1 Å². The maximum atomic E-state index is 12.9. The summed E-state index contributed by atoms with van der Waals surface area (Å²) in [5.74, 6) is 0.910. The van der Waals surface area contributed by atoms with Gasteiger partial charge in [0, 0.05) is 37.3 Å². The summed E-state index contributed by atoms with van der Waals surface area (Å²) < 4.78 is 31.9. The van der Waals surface area contributed by atoms with E-state index in [-0.39, 0.29) is 16.8 Å². The summed E-state index contributed by atoms with van der Waals surface area (Å²) in [5, 5.41) is 4.12. The van der Waals surface area contributed by atoms with E-state index in [0.717, 1.165) is 5.56 Å². The maximum absolute atomic E-state index is 12.9. The van der Waals surface area contributed by atoms with Crippen molar-refractivity contribution in [2.24, 2.45) is 0 Å². The normalized spacial score (nSPS) is 16.0. The van der Waals surface area contributed by atoms with E-state index in [1.54, 1.807) is 17.0 Å². The number of carbonyl (C=O) groups excluding carboxylic acids is 1. The molecule has 0 aliphatic carbocycles. The molecule has 1 N–H and O–H groups in total. The molecular formula is C23H27N5O4S. The first kappa shape index (κ1) is 23.1. The lowest BCUT2D eigenvalue weighted by Gasteiger charge is -2.36. The average molecular weight is 470 g/mol. The Bertz CT molecular complexity index is 1230. The number of piperazine rings is 1. The highest BCUT2D eigenvalue weighted by Gasteiger charge is 2.28. The van der Waals surface area contributed by atoms with Crippen molar-refractivity contribution in [1.82, 2.24) is 24.7 Å². The number of aryl methyl sites for hydroxylation is 1. The molecular weight excluding hydrogens is 442 g/mol. The highest BCUT2D eigenvalue weighted by molar-refractivity contribution is 7.89. The summed E-state index contributed by atoms with van der Waals surface area (Å²) in [6.07, 6.45) is 0. The molecule has 1 aliphatic heterocycles. The molecule has 1 atom stereocenters. The molecule has 1 unspecified atom stereocenters. The minimum Gasteiger partial charge on any atom is -0.337 e. The molecule has 2 heterocycles. The van der Waals surface area contributed by atoms with Crippen molar-refractivity contribution in [2.45, 2.75) is 24.8 Å². The van der Waals surface area contributed by atoms with Gasteiger partial charge in [0.05, 0.1) is 10.9 Å². The van der Waals surface area contributed by atoms with E-state index in [2.05, 4.69) is 19.8 Å². The van der Waals surface area contributed by atoms with E-state index in [1.165, 1.54) is 24.7 Å². The minimum atomic E-state index is -3.61. The van der Waals surface area contributed by atoms with E-state index < -0.39 is 10.0 Å². The van der Waals surface area contributed by atoms with Crippen LogP contribution in [-0.4, -0.2) is 67.5 Å². The number of carbonyl (C=O) groups is 1. The van der Waals surface area contributed by atoms with Gasteiger partial charge in [0.25, 0.3) is 5.91 Å². The van der Waals surface area contributed by atoms with Crippen LogP contribution in [0.1, 0.15) is 34.8 Å². The van der Waals surface area contributed by atoms with Gasteiger partial charge in [0.1, 0.15) is 0 Å². The summed E-state index contributed by atoms with van der Waals surface area (Å²) in [7, 11) is -2.26. The van der Waals surface area contributed by atoms with Crippen LogP contribution in [0.25, 0.3) is 11.4 Å². The van der Waals surface area contributed by atoms with Gasteiger partial charge in [-0.25, -0.2) is 13.1 Å². The van der Waals surface area contributed by atoms with Crippen LogP contribution in [0, 0.1) is 6.92 Å². The first-order valence-corrected chi connectivity index (χ1v) is 12.2. The van der Waals surface area contributed by atoms with Crippen LogP contribution in [0.15, 0.2) is 57.9 Å². The van der Waals surface area contributed by atoms with Crippen molar-refractivity contribution >= 4 is 15.9 Å². The zero-order valence-corrected chi connectivity index (χ0v) is 19.7. The zero-order valence-electron chi connectivity index (χ0n) is 18.9. The third-order valence-corrected chi connectivity index (χ3v) is 7.33. The summed E-state index contributed by atoms with van der Waals surface area (Å²) in [5.41, 5.74) is 2.42. The number of hydrogen-bond donors (Lipinski definition) is 1. The zero-order chi connectivity index (χ0) is 23.6. The molecule has 33 heavy (non-hydrogen) atoms. The fraction of sp³-hybridized carbons (Fsp3) is 0.348. The summed E-state index contributed by atoms with van der Waals surface area (Å²) >= 11 is 0. The van der Waals surface area contributed by atoms with Crippen LogP contribution in [0.4, 0.5) is 0 Å². The number of nitrogens with one attached hydrogen (secondary N) is 1. The smallest absolute Gasteiger partial charge is 0.253 e. The first-order valence-electron chi connectivity index (χ1n) is 10.8. The van der Waals surface area contributed by atoms with Gasteiger partial charge in [-0.3, -0.25) is 9.69 Å². The second-order valence-electron chi connectivity index (χ2n) is 8.06. The highest BCUT2D eigenvalue weighted by Crippen LogP contribution is 2.24. The second kappa shape index (κ2) is 9.42. The average Bonchev–Trinajstić information content (AvgIpc) is 3.34. The Hall–Kier alpha value is -3.08. The summed E-state index contributed by atoms with van der Waals surface area (Å²) in [6.45, 7) is 6.36. The van der Waals surface area contributed by atoms with E-state index in [0.29, 0.717) is 43.5 Å². The van der Waals surface area contributed by atoms with Crippen LogP contribution in [0.3, 0.4) is 0 Å². The van der Waals surface area contributed by atoms with Crippen molar-refractivity contribution in [3.63, 3.8) is 0 Å². The molecule has 0 bridgehead atoms. The van der Waals surface area contributed by atoms with Gasteiger partial charge in [-0.15, -0.1) is 0 Å². The fourth-order valence-electron chi connectivity index (χ4n) is 3.79. The third-order valence-electron chi connectivity index (χ3n) is 5.92. The van der Waals surface area contributed by atoms with Gasteiger partial charge in [-0.2, -0.15) is 4.98 Å². The predicted molar refractivity (Wildman–Crippen MR) is 123 cm³/mol. The van der Waals surface area contributed by atoms with Gasteiger partial charge in [0.15, 0.2) is 0 Å². The van der Waals surface area contributed by atoms with E-state index in [4.69, 9.17) is 4.52 Å². The molecule has 9 nitrogen and oxygen atoms in total. The lowest BCUT2D eigenvalue weighted by Crippen LogP contribution is -2.49. The molecule has 1 saturated heterocycles. The van der Waals surface area contributed by atoms with Crippen LogP contribution < -0.4 is 4.72 Å². The van der Waals surface area contributed by atoms with Gasteiger partial charge in [-0.1, -0.05) is 41.1 Å². The van der Waals surface area contributed by atoms with Gasteiger partial charge in [0.2, 0.25) is 21.7 Å². The molecule has 0 radical (unpaired) electrons. The molecule has 10 heteroatoms. The number of benzene rings is 2. The molecule has 1 aromatic heterocycles. The Morgan fingerprint density at radius 1 is 1.09 bits per heavy atom. The van der Waals surface area contributed by atoms with Gasteiger partial charge in [-0.05, 0) is 39.1 Å². The topological polar surface area (TPSA) is 109 Å². The number of nitrogens with zero attached hydrogens (tertiary/aromatic N) is 4. The van der Waals surface area contributed by atoms with E-state index >= 15 is 0 Å². The standard InChI is InChI=1S/C23H27N5O4S/c1-16-7-9-18(10-8-16)21-25-22(32-26-21)17(2)27-11-13-28(14-12-27)23(29)19-5-4-6-20(15-19)33(30,31)24-3/h4-10,15,17,24H,11-14H2,1-3H3. The van der Waals surface area contributed by atoms with Crippen LogP contribution in [0.2, 0.25) is 0 Å². The van der Waals surface area contributed by atoms with Crippen molar-refractivity contribution in [3.05, 3.63) is 65.5 Å². The van der Waals surface area contributed by atoms with Crippen LogP contribution >= 0.6 is 0 Å².